The Bertz CT molecular complexity index is 329. The Labute approximate surface area is 104 Å². The van der Waals surface area contributed by atoms with Crippen LogP contribution in [0.3, 0.4) is 0 Å². The van der Waals surface area contributed by atoms with Crippen molar-refractivity contribution in [2.24, 2.45) is 5.92 Å². The zero-order valence-corrected chi connectivity index (χ0v) is 10.7. The summed E-state index contributed by atoms with van der Waals surface area (Å²) in [6.45, 7) is 3.27. The fraction of sp³-hybridized carbons (Fsp3) is 0.600. The molecule has 94 valence electrons. The second-order valence-electron chi connectivity index (χ2n) is 5.06. The molecule has 2 N–H and O–H groups in total. The Kier molecular flexibility index (Phi) is 4.43. The molecule has 0 aromatic heterocycles. The fourth-order valence-electron chi connectivity index (χ4n) is 2.45. The molecule has 1 saturated carbocycles. The van der Waals surface area contributed by atoms with Crippen molar-refractivity contribution in [3.63, 3.8) is 0 Å². The molecule has 0 spiro atoms. The molecule has 1 aromatic rings. The molecular weight excluding hydrogens is 210 g/mol. The second-order valence-corrected chi connectivity index (χ2v) is 5.06. The molecule has 0 saturated heterocycles. The lowest BCUT2D eigenvalue weighted by Crippen LogP contribution is -2.30. The molecule has 2 rings (SSSR count). The Morgan fingerprint density at radius 1 is 1.29 bits per heavy atom. The molecule has 1 aromatic carbocycles. The van der Waals surface area contributed by atoms with E-state index in [2.05, 4.69) is 12.2 Å². The van der Waals surface area contributed by atoms with Crippen LogP contribution in [0.25, 0.3) is 0 Å². The Morgan fingerprint density at radius 2 is 2.00 bits per heavy atom. The van der Waals surface area contributed by atoms with E-state index < -0.39 is 0 Å². The van der Waals surface area contributed by atoms with E-state index in [0.29, 0.717) is 5.75 Å². The van der Waals surface area contributed by atoms with Crippen molar-refractivity contribution in [1.82, 2.24) is 5.32 Å². The molecule has 0 bridgehead atoms. The highest BCUT2D eigenvalue weighted by Crippen LogP contribution is 2.34. The van der Waals surface area contributed by atoms with E-state index in [9.17, 15) is 5.11 Å². The quantitative estimate of drug-likeness (QED) is 0.758. The lowest BCUT2D eigenvalue weighted by Gasteiger charge is -2.16. The number of benzene rings is 1. The van der Waals surface area contributed by atoms with Gasteiger partial charge in [0.25, 0.3) is 0 Å². The van der Waals surface area contributed by atoms with E-state index in [4.69, 9.17) is 0 Å². The van der Waals surface area contributed by atoms with Gasteiger partial charge in [0, 0.05) is 6.04 Å². The molecule has 17 heavy (non-hydrogen) atoms. The van der Waals surface area contributed by atoms with Crippen LogP contribution in [0.15, 0.2) is 24.3 Å². The first-order valence-corrected chi connectivity index (χ1v) is 6.81. The van der Waals surface area contributed by atoms with Crippen LogP contribution in [0.5, 0.6) is 5.75 Å². The molecule has 1 atom stereocenters. The molecule has 1 aliphatic rings. The maximum atomic E-state index is 9.21. The number of phenolic OH excluding ortho intramolecular Hbond substituents is 1. The molecule has 1 fully saturated rings. The van der Waals surface area contributed by atoms with Gasteiger partial charge in [-0.25, -0.2) is 0 Å². The molecule has 0 radical (unpaired) electrons. The number of rotatable bonds is 7. The van der Waals surface area contributed by atoms with Crippen molar-refractivity contribution in [3.8, 4) is 5.75 Å². The smallest absolute Gasteiger partial charge is 0.115 e. The third-order valence-electron chi connectivity index (χ3n) is 3.57. The van der Waals surface area contributed by atoms with Crippen LogP contribution >= 0.6 is 0 Å². The zero-order chi connectivity index (χ0) is 12.1. The Hall–Kier alpha value is -1.02. The molecule has 1 unspecified atom stereocenters. The van der Waals surface area contributed by atoms with Gasteiger partial charge in [-0.05, 0) is 62.3 Å². The number of aryl methyl sites for hydroxylation is 1. The molecular formula is C15H23NO. The average molecular weight is 233 g/mol. The van der Waals surface area contributed by atoms with Gasteiger partial charge < -0.3 is 10.4 Å². The summed E-state index contributed by atoms with van der Waals surface area (Å²) in [5.41, 5.74) is 1.33. The summed E-state index contributed by atoms with van der Waals surface area (Å²) in [5.74, 6) is 1.30. The number of hydrogen-bond donors (Lipinski definition) is 2. The summed E-state index contributed by atoms with van der Waals surface area (Å²) >= 11 is 0. The minimum atomic E-state index is 0.359. The predicted octanol–water partition coefficient (Wildman–Crippen LogP) is 3.10. The summed E-state index contributed by atoms with van der Waals surface area (Å²) < 4.78 is 0. The third-order valence-corrected chi connectivity index (χ3v) is 3.57. The minimum Gasteiger partial charge on any atom is -0.508 e. The van der Waals surface area contributed by atoms with E-state index in [1.807, 2.05) is 12.1 Å². The van der Waals surface area contributed by atoms with Gasteiger partial charge in [-0.1, -0.05) is 19.1 Å². The van der Waals surface area contributed by atoms with Crippen molar-refractivity contribution in [2.45, 2.75) is 45.1 Å². The van der Waals surface area contributed by atoms with E-state index in [-0.39, 0.29) is 0 Å². The van der Waals surface area contributed by atoms with E-state index in [0.717, 1.165) is 24.9 Å². The molecule has 1 aliphatic carbocycles. The highest BCUT2D eigenvalue weighted by atomic mass is 16.3. The van der Waals surface area contributed by atoms with Crippen molar-refractivity contribution in [3.05, 3.63) is 29.8 Å². The predicted molar refractivity (Wildman–Crippen MR) is 71.2 cm³/mol. The maximum Gasteiger partial charge on any atom is 0.115 e. The van der Waals surface area contributed by atoms with Gasteiger partial charge >= 0.3 is 0 Å². The minimum absolute atomic E-state index is 0.359. The summed E-state index contributed by atoms with van der Waals surface area (Å²) in [6, 6.07) is 8.33. The van der Waals surface area contributed by atoms with Crippen molar-refractivity contribution < 1.29 is 5.11 Å². The van der Waals surface area contributed by atoms with Crippen molar-refractivity contribution in [1.29, 1.82) is 0 Å². The summed E-state index contributed by atoms with van der Waals surface area (Å²) in [6.07, 6.45) is 6.46. The monoisotopic (exact) mass is 233 g/mol. The average Bonchev–Trinajstić information content (AvgIpc) is 3.15. The van der Waals surface area contributed by atoms with Crippen molar-refractivity contribution in [2.75, 3.05) is 6.54 Å². The first-order valence-electron chi connectivity index (χ1n) is 6.81. The first-order chi connectivity index (χ1) is 8.29. The van der Waals surface area contributed by atoms with Gasteiger partial charge in [-0.2, -0.15) is 0 Å². The third kappa shape index (κ3) is 4.04. The zero-order valence-electron chi connectivity index (χ0n) is 10.7. The number of hydrogen-bond acceptors (Lipinski definition) is 2. The molecule has 0 heterocycles. The van der Waals surface area contributed by atoms with E-state index >= 15 is 0 Å². The number of aromatic hydroxyl groups is 1. The Morgan fingerprint density at radius 3 is 2.59 bits per heavy atom. The SMILES string of the molecule is CCNC(CCCc1ccc(O)cc1)C1CC1. The van der Waals surface area contributed by atoms with Gasteiger partial charge in [0.15, 0.2) is 0 Å². The maximum absolute atomic E-state index is 9.21. The summed E-state index contributed by atoms with van der Waals surface area (Å²) in [5, 5.41) is 12.8. The largest absolute Gasteiger partial charge is 0.508 e. The highest BCUT2D eigenvalue weighted by Gasteiger charge is 2.29. The Balaban J connectivity index is 1.72. The lowest BCUT2D eigenvalue weighted by atomic mass is 10.0. The molecule has 2 heteroatoms. The van der Waals surface area contributed by atoms with Crippen LogP contribution in [-0.4, -0.2) is 17.7 Å². The van der Waals surface area contributed by atoms with Crippen molar-refractivity contribution >= 4 is 0 Å². The van der Waals surface area contributed by atoms with Gasteiger partial charge in [0.05, 0.1) is 0 Å². The normalized spacial score (nSPS) is 17.0. The molecule has 2 nitrogen and oxygen atoms in total. The van der Waals surface area contributed by atoms with Crippen LogP contribution in [0, 0.1) is 5.92 Å². The van der Waals surface area contributed by atoms with Crippen LogP contribution in [0.1, 0.15) is 38.2 Å². The highest BCUT2D eigenvalue weighted by molar-refractivity contribution is 5.25. The summed E-state index contributed by atoms with van der Waals surface area (Å²) in [7, 11) is 0. The first kappa shape index (κ1) is 12.4. The topological polar surface area (TPSA) is 32.3 Å². The van der Waals surface area contributed by atoms with Crippen LogP contribution < -0.4 is 5.32 Å². The van der Waals surface area contributed by atoms with Gasteiger partial charge in [0.2, 0.25) is 0 Å². The number of phenols is 1. The second kappa shape index (κ2) is 6.06. The molecule has 0 amide bonds. The van der Waals surface area contributed by atoms with Crippen LogP contribution in [0.4, 0.5) is 0 Å². The molecule has 0 aliphatic heterocycles. The standard InChI is InChI=1S/C15H23NO/c1-2-16-15(13-8-9-13)5-3-4-12-6-10-14(17)11-7-12/h6-7,10-11,13,15-17H,2-5,8-9H2,1H3. The van der Waals surface area contributed by atoms with E-state index in [1.165, 1.54) is 31.2 Å². The van der Waals surface area contributed by atoms with Crippen LogP contribution in [-0.2, 0) is 6.42 Å². The lowest BCUT2D eigenvalue weighted by molar-refractivity contribution is 0.434. The summed E-state index contributed by atoms with van der Waals surface area (Å²) in [4.78, 5) is 0. The van der Waals surface area contributed by atoms with Gasteiger partial charge in [-0.15, -0.1) is 0 Å². The van der Waals surface area contributed by atoms with Gasteiger partial charge in [-0.3, -0.25) is 0 Å². The van der Waals surface area contributed by atoms with E-state index in [1.54, 1.807) is 12.1 Å². The van der Waals surface area contributed by atoms with Gasteiger partial charge in [0.1, 0.15) is 5.75 Å². The van der Waals surface area contributed by atoms with Crippen LogP contribution in [0.2, 0.25) is 0 Å². The fourth-order valence-corrected chi connectivity index (χ4v) is 2.45. The number of nitrogens with one attached hydrogen (secondary N) is 1.